The van der Waals surface area contributed by atoms with E-state index in [2.05, 4.69) is 5.10 Å². The third kappa shape index (κ3) is 2.33. The normalized spacial score (nSPS) is 12.3. The van der Waals surface area contributed by atoms with Crippen LogP contribution in [0.15, 0.2) is 67.0 Å². The van der Waals surface area contributed by atoms with Crippen LogP contribution in [-0.2, 0) is 0 Å². The van der Waals surface area contributed by atoms with Gasteiger partial charge in [-0.05, 0) is 18.2 Å². The average Bonchev–Trinajstić information content (AvgIpc) is 2.98. The number of hydrogen-bond donors (Lipinski definition) is 1. The van der Waals surface area contributed by atoms with Crippen molar-refractivity contribution in [2.24, 2.45) is 0 Å². The van der Waals surface area contributed by atoms with Gasteiger partial charge in [-0.1, -0.05) is 36.4 Å². The molecule has 1 atom stereocenters. The Hall–Kier alpha value is -2.46. The smallest absolute Gasteiger partial charge is 0.129 e. The van der Waals surface area contributed by atoms with Crippen LogP contribution in [0.2, 0.25) is 0 Å². The molecule has 0 bridgehead atoms. The Bertz CT molecular complexity index is 709. The lowest BCUT2D eigenvalue weighted by Gasteiger charge is -2.09. The summed E-state index contributed by atoms with van der Waals surface area (Å²) in [7, 11) is 0. The number of rotatable bonds is 3. The minimum Gasteiger partial charge on any atom is -0.383 e. The summed E-state index contributed by atoms with van der Waals surface area (Å²) >= 11 is 0. The van der Waals surface area contributed by atoms with Crippen LogP contribution in [0.25, 0.3) is 5.69 Å². The average molecular weight is 268 g/mol. The number of hydrogen-bond acceptors (Lipinski definition) is 2. The number of aromatic nitrogens is 2. The highest BCUT2D eigenvalue weighted by molar-refractivity contribution is 5.33. The first-order valence-electron chi connectivity index (χ1n) is 6.28. The first-order chi connectivity index (χ1) is 9.75. The molecule has 0 aliphatic heterocycles. The minimum atomic E-state index is -1.02. The van der Waals surface area contributed by atoms with Gasteiger partial charge in [-0.25, -0.2) is 9.07 Å². The first-order valence-corrected chi connectivity index (χ1v) is 6.28. The van der Waals surface area contributed by atoms with Crippen molar-refractivity contribution in [1.82, 2.24) is 9.78 Å². The highest BCUT2D eigenvalue weighted by atomic mass is 19.1. The van der Waals surface area contributed by atoms with E-state index in [0.717, 1.165) is 5.69 Å². The Kier molecular flexibility index (Phi) is 3.31. The maximum atomic E-state index is 13.7. The third-order valence-corrected chi connectivity index (χ3v) is 3.14. The van der Waals surface area contributed by atoms with Gasteiger partial charge in [0.05, 0.1) is 11.9 Å². The molecule has 0 aliphatic rings. The number of nitrogens with zero attached hydrogens (tertiary/aromatic N) is 2. The van der Waals surface area contributed by atoms with Crippen LogP contribution < -0.4 is 0 Å². The number of aliphatic hydroxyl groups excluding tert-OH is 1. The van der Waals surface area contributed by atoms with E-state index in [1.165, 1.54) is 6.07 Å². The molecule has 0 aliphatic carbocycles. The fourth-order valence-corrected chi connectivity index (χ4v) is 2.08. The number of halogens is 1. The minimum absolute atomic E-state index is 0.250. The fraction of sp³-hybridized carbons (Fsp3) is 0.0625. The van der Waals surface area contributed by atoms with Crippen molar-refractivity contribution >= 4 is 0 Å². The SMILES string of the molecule is OC(c1cnn(-c2ccccc2)c1)c1ccccc1F. The molecule has 1 unspecified atom stereocenters. The van der Waals surface area contributed by atoms with Crippen LogP contribution in [0.1, 0.15) is 17.2 Å². The van der Waals surface area contributed by atoms with Gasteiger partial charge in [0.15, 0.2) is 0 Å². The maximum Gasteiger partial charge on any atom is 0.129 e. The van der Waals surface area contributed by atoms with E-state index in [0.29, 0.717) is 5.56 Å². The Balaban J connectivity index is 1.93. The predicted octanol–water partition coefficient (Wildman–Crippen LogP) is 3.09. The summed E-state index contributed by atoms with van der Waals surface area (Å²) in [5, 5.41) is 14.4. The van der Waals surface area contributed by atoms with Gasteiger partial charge in [-0.2, -0.15) is 5.10 Å². The van der Waals surface area contributed by atoms with Crippen LogP contribution >= 0.6 is 0 Å². The van der Waals surface area contributed by atoms with Crippen LogP contribution in [0.4, 0.5) is 4.39 Å². The second-order valence-electron chi connectivity index (χ2n) is 4.48. The third-order valence-electron chi connectivity index (χ3n) is 3.14. The van der Waals surface area contributed by atoms with Gasteiger partial charge in [-0.3, -0.25) is 0 Å². The van der Waals surface area contributed by atoms with Gasteiger partial charge in [0.2, 0.25) is 0 Å². The molecule has 0 fully saturated rings. The van der Waals surface area contributed by atoms with Crippen molar-refractivity contribution in [2.75, 3.05) is 0 Å². The number of benzene rings is 2. The molecule has 100 valence electrons. The van der Waals surface area contributed by atoms with Crippen molar-refractivity contribution in [3.63, 3.8) is 0 Å². The van der Waals surface area contributed by atoms with E-state index in [-0.39, 0.29) is 5.56 Å². The zero-order valence-corrected chi connectivity index (χ0v) is 10.6. The molecule has 20 heavy (non-hydrogen) atoms. The standard InChI is InChI=1S/C16H13FN2O/c17-15-9-5-4-8-14(15)16(20)12-10-18-19(11-12)13-6-2-1-3-7-13/h1-11,16,20H. The maximum absolute atomic E-state index is 13.7. The molecule has 2 aromatic carbocycles. The molecule has 1 N–H and O–H groups in total. The van der Waals surface area contributed by atoms with Crippen molar-refractivity contribution in [2.45, 2.75) is 6.10 Å². The van der Waals surface area contributed by atoms with E-state index in [4.69, 9.17) is 0 Å². The van der Waals surface area contributed by atoms with Gasteiger partial charge >= 0.3 is 0 Å². The Morgan fingerprint density at radius 1 is 1.00 bits per heavy atom. The molecule has 3 rings (SSSR count). The molecule has 4 heteroatoms. The van der Waals surface area contributed by atoms with E-state index < -0.39 is 11.9 Å². The molecule has 0 spiro atoms. The van der Waals surface area contributed by atoms with Crippen LogP contribution in [0.3, 0.4) is 0 Å². The molecular weight excluding hydrogens is 255 g/mol. The summed E-state index contributed by atoms with van der Waals surface area (Å²) < 4.78 is 15.3. The van der Waals surface area contributed by atoms with Crippen LogP contribution in [0, 0.1) is 5.82 Å². The van der Waals surface area contributed by atoms with E-state index in [1.807, 2.05) is 30.3 Å². The first kappa shape index (κ1) is 12.6. The molecule has 0 saturated carbocycles. The molecule has 3 nitrogen and oxygen atoms in total. The summed E-state index contributed by atoms with van der Waals surface area (Å²) in [5.41, 5.74) is 1.69. The highest BCUT2D eigenvalue weighted by Crippen LogP contribution is 2.24. The molecular formula is C16H13FN2O. The zero-order valence-electron chi connectivity index (χ0n) is 10.6. The van der Waals surface area contributed by atoms with Crippen molar-refractivity contribution in [1.29, 1.82) is 0 Å². The monoisotopic (exact) mass is 268 g/mol. The Morgan fingerprint density at radius 3 is 2.45 bits per heavy atom. The Labute approximate surface area is 115 Å². The summed E-state index contributed by atoms with van der Waals surface area (Å²) in [4.78, 5) is 0. The van der Waals surface area contributed by atoms with Crippen LogP contribution in [0.5, 0.6) is 0 Å². The lowest BCUT2D eigenvalue weighted by molar-refractivity contribution is 0.215. The van der Waals surface area contributed by atoms with E-state index in [9.17, 15) is 9.50 Å². The quantitative estimate of drug-likeness (QED) is 0.792. The lowest BCUT2D eigenvalue weighted by atomic mass is 10.0. The molecule has 1 heterocycles. The summed E-state index contributed by atoms with van der Waals surface area (Å²) in [5.74, 6) is -0.424. The molecule has 1 aromatic heterocycles. The van der Waals surface area contributed by atoms with Gasteiger partial charge in [0, 0.05) is 17.3 Å². The van der Waals surface area contributed by atoms with Crippen molar-refractivity contribution in [3.8, 4) is 5.69 Å². The van der Waals surface area contributed by atoms with Crippen molar-refractivity contribution < 1.29 is 9.50 Å². The molecule has 0 amide bonds. The fourth-order valence-electron chi connectivity index (χ4n) is 2.08. The second-order valence-corrected chi connectivity index (χ2v) is 4.48. The molecule has 0 saturated heterocycles. The van der Waals surface area contributed by atoms with Gasteiger partial charge in [-0.15, -0.1) is 0 Å². The summed E-state index contributed by atoms with van der Waals surface area (Å²) in [6.07, 6.45) is 2.23. The van der Waals surface area contributed by atoms with E-state index >= 15 is 0 Å². The predicted molar refractivity (Wildman–Crippen MR) is 74.0 cm³/mol. The summed E-state index contributed by atoms with van der Waals surface area (Å²) in [6, 6.07) is 15.7. The van der Waals surface area contributed by atoms with Gasteiger partial charge < -0.3 is 5.11 Å². The molecule has 0 radical (unpaired) electrons. The van der Waals surface area contributed by atoms with Crippen molar-refractivity contribution in [3.05, 3.63) is 83.9 Å². The molecule has 3 aromatic rings. The topological polar surface area (TPSA) is 38.1 Å². The lowest BCUT2D eigenvalue weighted by Crippen LogP contribution is -2.01. The summed E-state index contributed by atoms with van der Waals surface area (Å²) in [6.45, 7) is 0. The van der Waals surface area contributed by atoms with Gasteiger partial charge in [0.25, 0.3) is 0 Å². The number of aliphatic hydroxyl groups is 1. The van der Waals surface area contributed by atoms with Gasteiger partial charge in [0.1, 0.15) is 11.9 Å². The largest absolute Gasteiger partial charge is 0.383 e. The van der Waals surface area contributed by atoms with Crippen LogP contribution in [-0.4, -0.2) is 14.9 Å². The number of para-hydroxylation sites is 1. The zero-order chi connectivity index (χ0) is 13.9. The second kappa shape index (κ2) is 5.27. The van der Waals surface area contributed by atoms with E-state index in [1.54, 1.807) is 35.3 Å². The Morgan fingerprint density at radius 2 is 1.70 bits per heavy atom. The highest BCUT2D eigenvalue weighted by Gasteiger charge is 2.16.